The summed E-state index contributed by atoms with van der Waals surface area (Å²) in [5.41, 5.74) is 4.70. The summed E-state index contributed by atoms with van der Waals surface area (Å²) in [5, 5.41) is 21.5. The molecule has 1 unspecified atom stereocenters. The van der Waals surface area contributed by atoms with Gasteiger partial charge in [-0.3, -0.25) is 4.90 Å². The second kappa shape index (κ2) is 18.6. The van der Waals surface area contributed by atoms with E-state index in [-0.39, 0.29) is 30.5 Å². The number of aromatic nitrogens is 4. The number of phenolic OH excluding ortho intramolecular Hbond substituents is 1. The van der Waals surface area contributed by atoms with Crippen LogP contribution in [0.1, 0.15) is 16.8 Å². The van der Waals surface area contributed by atoms with E-state index in [0.717, 1.165) is 54.3 Å². The van der Waals surface area contributed by atoms with E-state index in [1.807, 2.05) is 19.1 Å². The molecule has 3 aromatic heterocycles. The SMILES string of the molecule is Cc1c(-c2c(-c3ccc(F)cc3)sc3ncnc(OC(Cc4ccccc4OCc4ccnc(-c5cccc(O)c5)n4)C(=O)O)c23)ccc(OCCN2CCN(C)CC2)c1Cl. The van der Waals surface area contributed by atoms with Gasteiger partial charge >= 0.3 is 5.97 Å². The first-order valence-corrected chi connectivity index (χ1v) is 20.9. The van der Waals surface area contributed by atoms with Gasteiger partial charge in [-0.25, -0.2) is 29.1 Å². The van der Waals surface area contributed by atoms with Crippen molar-refractivity contribution in [1.82, 2.24) is 29.7 Å². The highest BCUT2D eigenvalue weighted by Gasteiger charge is 2.28. The Bertz CT molecular complexity index is 2680. The number of ether oxygens (including phenoxy) is 3. The Labute approximate surface area is 360 Å². The molecule has 0 aliphatic carbocycles. The van der Waals surface area contributed by atoms with Gasteiger partial charge in [-0.1, -0.05) is 60.1 Å². The summed E-state index contributed by atoms with van der Waals surface area (Å²) in [5.74, 6) is 0.0137. The van der Waals surface area contributed by atoms with Gasteiger partial charge in [0.2, 0.25) is 12.0 Å². The van der Waals surface area contributed by atoms with Crippen molar-refractivity contribution in [2.24, 2.45) is 0 Å². The van der Waals surface area contributed by atoms with Gasteiger partial charge in [-0.15, -0.1) is 11.3 Å². The van der Waals surface area contributed by atoms with Gasteiger partial charge in [0.15, 0.2) is 5.82 Å². The molecule has 7 aromatic rings. The lowest BCUT2D eigenvalue weighted by Crippen LogP contribution is -2.45. The average Bonchev–Trinajstić information content (AvgIpc) is 3.66. The molecule has 1 atom stereocenters. The number of fused-ring (bicyclic) bond motifs is 1. The fourth-order valence-corrected chi connectivity index (χ4v) is 8.57. The molecule has 4 heterocycles. The minimum Gasteiger partial charge on any atom is -0.508 e. The Morgan fingerprint density at radius 3 is 2.51 bits per heavy atom. The van der Waals surface area contributed by atoms with Gasteiger partial charge in [0.25, 0.3) is 0 Å². The number of hydrogen-bond acceptors (Lipinski definition) is 12. The second-order valence-electron chi connectivity index (χ2n) is 14.7. The van der Waals surface area contributed by atoms with Crippen LogP contribution in [0.2, 0.25) is 5.02 Å². The standard InChI is InChI=1S/C46H42ClFN6O6S/c1-28-35(14-15-37(41(28)47)58-23-22-54-20-18-53(2)19-21-54)39-40-44(50-27-51-45(40)61-42(39)29-10-12-32(48)13-11-29)60-38(46(56)57)25-30-6-3-4-9-36(30)59-26-33-16-17-49-43(52-33)31-7-5-8-34(55)24-31/h3-17,24,27,38,55H,18-23,25-26H2,1-2H3,(H,56,57). The first kappa shape index (κ1) is 41.5. The Balaban J connectivity index is 1.08. The Kier molecular flexibility index (Phi) is 12.7. The number of piperazine rings is 1. The van der Waals surface area contributed by atoms with E-state index in [1.165, 1.54) is 29.8 Å². The van der Waals surface area contributed by atoms with E-state index in [4.69, 9.17) is 25.8 Å². The molecule has 0 bridgehead atoms. The number of rotatable bonds is 15. The molecule has 61 heavy (non-hydrogen) atoms. The zero-order chi connectivity index (χ0) is 42.5. The van der Waals surface area contributed by atoms with E-state index >= 15 is 0 Å². The lowest BCUT2D eigenvalue weighted by Gasteiger charge is -2.32. The van der Waals surface area contributed by atoms with Crippen LogP contribution in [0.5, 0.6) is 23.1 Å². The molecule has 0 radical (unpaired) electrons. The molecule has 0 saturated carbocycles. The first-order valence-electron chi connectivity index (χ1n) is 19.7. The molecule has 1 saturated heterocycles. The second-order valence-corrected chi connectivity index (χ2v) is 16.1. The summed E-state index contributed by atoms with van der Waals surface area (Å²) < 4.78 is 33.0. The summed E-state index contributed by atoms with van der Waals surface area (Å²) >= 11 is 8.40. The molecule has 12 nitrogen and oxygen atoms in total. The third kappa shape index (κ3) is 9.58. The van der Waals surface area contributed by atoms with Gasteiger partial charge in [0.05, 0.1) is 16.1 Å². The maximum atomic E-state index is 14.2. The quantitative estimate of drug-likeness (QED) is 0.102. The number of hydrogen-bond donors (Lipinski definition) is 2. The summed E-state index contributed by atoms with van der Waals surface area (Å²) in [6.45, 7) is 7.21. The van der Waals surface area contributed by atoms with Crippen LogP contribution in [0.3, 0.4) is 0 Å². The predicted octanol–water partition coefficient (Wildman–Crippen LogP) is 8.57. The molecule has 0 amide bonds. The molecule has 8 rings (SSSR count). The molecule has 1 aliphatic rings. The van der Waals surface area contributed by atoms with Crippen molar-refractivity contribution in [3.05, 3.63) is 131 Å². The van der Waals surface area contributed by atoms with E-state index in [0.29, 0.717) is 61.6 Å². The van der Waals surface area contributed by atoms with Crippen LogP contribution in [0.15, 0.2) is 104 Å². The minimum absolute atomic E-state index is 0.0649. The largest absolute Gasteiger partial charge is 0.508 e. The highest BCUT2D eigenvalue weighted by Crippen LogP contribution is 2.49. The van der Waals surface area contributed by atoms with Crippen molar-refractivity contribution in [2.75, 3.05) is 46.4 Å². The zero-order valence-corrected chi connectivity index (χ0v) is 35.0. The Morgan fingerprint density at radius 2 is 1.72 bits per heavy atom. The van der Waals surface area contributed by atoms with Crippen LogP contribution >= 0.6 is 22.9 Å². The summed E-state index contributed by atoms with van der Waals surface area (Å²) in [6.07, 6.45) is 1.50. The number of aliphatic carboxylic acids is 1. The smallest absolute Gasteiger partial charge is 0.345 e. The van der Waals surface area contributed by atoms with Crippen LogP contribution < -0.4 is 14.2 Å². The number of aromatic hydroxyl groups is 1. The van der Waals surface area contributed by atoms with Crippen molar-refractivity contribution < 1.29 is 33.6 Å². The van der Waals surface area contributed by atoms with E-state index in [1.54, 1.807) is 72.9 Å². The molecule has 15 heteroatoms. The number of carboxylic acid groups (broad SMARTS) is 1. The molecule has 4 aromatic carbocycles. The number of halogens is 2. The maximum Gasteiger partial charge on any atom is 0.345 e. The molecular formula is C46H42ClFN6O6S. The molecule has 1 aliphatic heterocycles. The van der Waals surface area contributed by atoms with Crippen molar-refractivity contribution in [3.8, 4) is 56.1 Å². The van der Waals surface area contributed by atoms with Crippen LogP contribution in [-0.2, 0) is 17.8 Å². The number of nitrogens with zero attached hydrogens (tertiary/aromatic N) is 6. The fourth-order valence-electron chi connectivity index (χ4n) is 7.20. The first-order chi connectivity index (χ1) is 29.6. The number of thiophene rings is 1. The van der Waals surface area contributed by atoms with Gasteiger partial charge in [0, 0.05) is 61.3 Å². The van der Waals surface area contributed by atoms with Crippen LogP contribution in [0, 0.1) is 12.7 Å². The van der Waals surface area contributed by atoms with E-state index in [9.17, 15) is 19.4 Å². The zero-order valence-electron chi connectivity index (χ0n) is 33.4. The van der Waals surface area contributed by atoms with Crippen LogP contribution in [-0.4, -0.2) is 98.4 Å². The molecule has 0 spiro atoms. The topological polar surface area (TPSA) is 143 Å². The van der Waals surface area contributed by atoms with Crippen molar-refractivity contribution >= 4 is 39.1 Å². The normalized spacial score (nSPS) is 13.9. The van der Waals surface area contributed by atoms with Crippen molar-refractivity contribution in [3.63, 3.8) is 0 Å². The number of carboxylic acids is 1. The van der Waals surface area contributed by atoms with Gasteiger partial charge in [0.1, 0.15) is 47.4 Å². The number of phenols is 1. The molecule has 2 N–H and O–H groups in total. The van der Waals surface area contributed by atoms with Gasteiger partial charge < -0.3 is 29.3 Å². The van der Waals surface area contributed by atoms with E-state index < -0.39 is 12.1 Å². The van der Waals surface area contributed by atoms with Gasteiger partial charge in [-0.05, 0) is 78.7 Å². The number of benzene rings is 4. The fraction of sp³-hybridized carbons (Fsp3) is 0.239. The summed E-state index contributed by atoms with van der Waals surface area (Å²) in [7, 11) is 2.12. The highest BCUT2D eigenvalue weighted by molar-refractivity contribution is 7.22. The monoisotopic (exact) mass is 860 g/mol. The number of carbonyl (C=O) groups is 1. The lowest BCUT2D eigenvalue weighted by atomic mass is 9.96. The summed E-state index contributed by atoms with van der Waals surface area (Å²) in [6, 6.07) is 25.4. The van der Waals surface area contributed by atoms with Crippen LogP contribution in [0.4, 0.5) is 4.39 Å². The Hall–Kier alpha value is -6.19. The average molecular weight is 861 g/mol. The maximum absolute atomic E-state index is 14.2. The summed E-state index contributed by atoms with van der Waals surface area (Å²) in [4.78, 5) is 37.0. The molecule has 312 valence electrons. The van der Waals surface area contributed by atoms with Crippen molar-refractivity contribution in [1.29, 1.82) is 0 Å². The number of likely N-dealkylation sites (N-methyl/N-ethyl adjacent to an activating group) is 1. The highest BCUT2D eigenvalue weighted by atomic mass is 35.5. The number of para-hydroxylation sites is 1. The third-order valence-corrected chi connectivity index (χ3v) is 12.2. The van der Waals surface area contributed by atoms with Crippen LogP contribution in [0.25, 0.3) is 43.2 Å². The molecular weight excluding hydrogens is 819 g/mol. The van der Waals surface area contributed by atoms with Crippen molar-refractivity contribution in [2.45, 2.75) is 26.1 Å². The predicted molar refractivity (Wildman–Crippen MR) is 233 cm³/mol. The Morgan fingerprint density at radius 1 is 0.918 bits per heavy atom. The molecule has 1 fully saturated rings. The third-order valence-electron chi connectivity index (χ3n) is 10.5. The van der Waals surface area contributed by atoms with E-state index in [2.05, 4.69) is 36.8 Å². The lowest BCUT2D eigenvalue weighted by molar-refractivity contribution is -0.145. The minimum atomic E-state index is -1.39. The van der Waals surface area contributed by atoms with Gasteiger partial charge in [-0.2, -0.15) is 0 Å².